The van der Waals surface area contributed by atoms with E-state index in [-0.39, 0.29) is 11.3 Å². The molecule has 16 heavy (non-hydrogen) atoms. The van der Waals surface area contributed by atoms with E-state index in [0.29, 0.717) is 3.57 Å². The maximum Gasteiger partial charge on any atom is 0.264 e. The predicted octanol–water partition coefficient (Wildman–Crippen LogP) is 2.36. The maximum atomic E-state index is 11.7. The first kappa shape index (κ1) is 11.2. The minimum Gasteiger partial charge on any atom is -0.508 e. The molecular weight excluding hydrogens is 317 g/mol. The number of halogens is 1. The molecule has 0 aliphatic heterocycles. The Morgan fingerprint density at radius 1 is 1.12 bits per heavy atom. The third kappa shape index (κ3) is 1.97. The summed E-state index contributed by atoms with van der Waals surface area (Å²) in [6, 6.07) is 10.5. The SMILES string of the molecule is Cn1c(-c2ccc(O)cc2)ccc(I)c1=O. The number of phenols is 1. The van der Waals surface area contributed by atoms with E-state index in [0.717, 1.165) is 11.3 Å². The van der Waals surface area contributed by atoms with Gasteiger partial charge in [-0.25, -0.2) is 0 Å². The van der Waals surface area contributed by atoms with Gasteiger partial charge in [0, 0.05) is 7.05 Å². The summed E-state index contributed by atoms with van der Waals surface area (Å²) in [4.78, 5) is 11.7. The van der Waals surface area contributed by atoms with Crippen LogP contribution in [0.25, 0.3) is 11.3 Å². The molecule has 82 valence electrons. The van der Waals surface area contributed by atoms with E-state index >= 15 is 0 Å². The number of nitrogens with zero attached hydrogens (tertiary/aromatic N) is 1. The summed E-state index contributed by atoms with van der Waals surface area (Å²) in [5, 5.41) is 9.20. The normalized spacial score (nSPS) is 10.4. The fraction of sp³-hybridized carbons (Fsp3) is 0.0833. The lowest BCUT2D eigenvalue weighted by molar-refractivity contribution is 0.475. The monoisotopic (exact) mass is 327 g/mol. The molecule has 2 aromatic rings. The van der Waals surface area contributed by atoms with Gasteiger partial charge >= 0.3 is 0 Å². The number of hydrogen-bond donors (Lipinski definition) is 1. The number of phenolic OH excluding ortho intramolecular Hbond substituents is 1. The predicted molar refractivity (Wildman–Crippen MR) is 71.5 cm³/mol. The van der Waals surface area contributed by atoms with Gasteiger partial charge in [-0.3, -0.25) is 4.79 Å². The van der Waals surface area contributed by atoms with Gasteiger partial charge in [0.05, 0.1) is 9.26 Å². The lowest BCUT2D eigenvalue weighted by Crippen LogP contribution is -2.20. The quantitative estimate of drug-likeness (QED) is 0.817. The molecule has 1 aromatic carbocycles. The average molecular weight is 327 g/mol. The fourth-order valence-electron chi connectivity index (χ4n) is 1.53. The number of aromatic nitrogens is 1. The molecule has 0 amide bonds. The highest BCUT2D eigenvalue weighted by Gasteiger charge is 2.05. The highest BCUT2D eigenvalue weighted by molar-refractivity contribution is 14.1. The molecule has 0 radical (unpaired) electrons. The molecule has 2 rings (SSSR count). The van der Waals surface area contributed by atoms with Crippen molar-refractivity contribution in [3.05, 3.63) is 50.3 Å². The highest BCUT2D eigenvalue weighted by Crippen LogP contribution is 2.20. The van der Waals surface area contributed by atoms with Crippen LogP contribution in [0.3, 0.4) is 0 Å². The van der Waals surface area contributed by atoms with Crippen LogP contribution >= 0.6 is 22.6 Å². The number of aromatic hydroxyl groups is 1. The molecule has 1 N–H and O–H groups in total. The molecular formula is C12H10INO2. The van der Waals surface area contributed by atoms with Crippen LogP contribution in [0.2, 0.25) is 0 Å². The molecule has 0 atom stereocenters. The van der Waals surface area contributed by atoms with Gasteiger partial charge in [-0.15, -0.1) is 0 Å². The Morgan fingerprint density at radius 3 is 2.38 bits per heavy atom. The Morgan fingerprint density at radius 2 is 1.75 bits per heavy atom. The first-order valence-corrected chi connectivity index (χ1v) is 5.82. The second kappa shape index (κ2) is 4.29. The molecule has 0 aliphatic carbocycles. The van der Waals surface area contributed by atoms with Crippen LogP contribution in [0.5, 0.6) is 5.75 Å². The van der Waals surface area contributed by atoms with Crippen molar-refractivity contribution < 1.29 is 5.11 Å². The Labute approximate surface area is 107 Å². The minimum atomic E-state index is -0.00817. The third-order valence-electron chi connectivity index (χ3n) is 2.42. The van der Waals surface area contributed by atoms with E-state index in [1.807, 2.05) is 28.7 Å². The van der Waals surface area contributed by atoms with E-state index in [2.05, 4.69) is 0 Å². The number of hydrogen-bond acceptors (Lipinski definition) is 2. The van der Waals surface area contributed by atoms with Crippen LogP contribution in [0.1, 0.15) is 0 Å². The van der Waals surface area contributed by atoms with Crippen molar-refractivity contribution in [1.29, 1.82) is 0 Å². The first-order valence-electron chi connectivity index (χ1n) is 4.74. The molecule has 1 aromatic heterocycles. The summed E-state index contributed by atoms with van der Waals surface area (Å²) >= 11 is 2.02. The summed E-state index contributed by atoms with van der Waals surface area (Å²) in [5.74, 6) is 0.222. The van der Waals surface area contributed by atoms with Crippen molar-refractivity contribution in [2.45, 2.75) is 0 Å². The van der Waals surface area contributed by atoms with Gasteiger partial charge in [-0.05, 0) is 64.6 Å². The molecule has 0 fully saturated rings. The van der Waals surface area contributed by atoms with E-state index in [1.54, 1.807) is 41.9 Å². The summed E-state index contributed by atoms with van der Waals surface area (Å²) in [5.41, 5.74) is 1.74. The molecule has 4 heteroatoms. The van der Waals surface area contributed by atoms with Gasteiger partial charge in [0.1, 0.15) is 5.75 Å². The average Bonchev–Trinajstić information content (AvgIpc) is 2.28. The Balaban J connectivity index is 2.61. The zero-order valence-corrected chi connectivity index (χ0v) is 10.8. The van der Waals surface area contributed by atoms with Crippen LogP contribution in [0, 0.1) is 3.57 Å². The van der Waals surface area contributed by atoms with Crippen molar-refractivity contribution in [3.63, 3.8) is 0 Å². The standard InChI is InChI=1S/C12H10INO2/c1-14-11(7-6-10(13)12(14)16)8-2-4-9(15)5-3-8/h2-7,15H,1H3. The van der Waals surface area contributed by atoms with Crippen molar-refractivity contribution in [2.75, 3.05) is 0 Å². The molecule has 3 nitrogen and oxygen atoms in total. The molecule has 0 aliphatic rings. The molecule has 0 bridgehead atoms. The van der Waals surface area contributed by atoms with E-state index < -0.39 is 0 Å². The van der Waals surface area contributed by atoms with Gasteiger partial charge in [-0.1, -0.05) is 0 Å². The van der Waals surface area contributed by atoms with Crippen molar-refractivity contribution in [1.82, 2.24) is 4.57 Å². The van der Waals surface area contributed by atoms with Crippen LogP contribution in [0.4, 0.5) is 0 Å². The number of benzene rings is 1. The number of rotatable bonds is 1. The van der Waals surface area contributed by atoms with Crippen molar-refractivity contribution >= 4 is 22.6 Å². The maximum absolute atomic E-state index is 11.7. The second-order valence-electron chi connectivity index (χ2n) is 3.48. The van der Waals surface area contributed by atoms with E-state index in [9.17, 15) is 9.90 Å². The van der Waals surface area contributed by atoms with Gasteiger partial charge in [0.15, 0.2) is 0 Å². The molecule has 0 saturated heterocycles. The first-order chi connectivity index (χ1) is 7.59. The summed E-state index contributed by atoms with van der Waals surface area (Å²) in [7, 11) is 1.74. The smallest absolute Gasteiger partial charge is 0.264 e. The summed E-state index contributed by atoms with van der Waals surface area (Å²) < 4.78 is 2.30. The third-order valence-corrected chi connectivity index (χ3v) is 3.24. The minimum absolute atomic E-state index is 0.00817. The second-order valence-corrected chi connectivity index (χ2v) is 4.64. The van der Waals surface area contributed by atoms with Crippen LogP contribution in [-0.2, 0) is 7.05 Å². The fourth-order valence-corrected chi connectivity index (χ4v) is 2.07. The Hall–Kier alpha value is -1.30. The van der Waals surface area contributed by atoms with Crippen molar-refractivity contribution in [2.24, 2.45) is 7.05 Å². The van der Waals surface area contributed by atoms with E-state index in [4.69, 9.17) is 0 Å². The lowest BCUT2D eigenvalue weighted by atomic mass is 10.1. The zero-order valence-electron chi connectivity index (χ0n) is 8.64. The van der Waals surface area contributed by atoms with Crippen molar-refractivity contribution in [3.8, 4) is 17.0 Å². The largest absolute Gasteiger partial charge is 0.508 e. The van der Waals surface area contributed by atoms with Gasteiger partial charge in [-0.2, -0.15) is 0 Å². The molecule has 0 saturated carbocycles. The van der Waals surface area contributed by atoms with Gasteiger partial charge < -0.3 is 9.67 Å². The Bertz CT molecular complexity index is 573. The van der Waals surface area contributed by atoms with Crippen LogP contribution < -0.4 is 5.56 Å². The Kier molecular flexibility index (Phi) is 3.00. The summed E-state index contributed by atoms with van der Waals surface area (Å²) in [6.07, 6.45) is 0. The van der Waals surface area contributed by atoms with E-state index in [1.165, 1.54) is 0 Å². The lowest BCUT2D eigenvalue weighted by Gasteiger charge is -2.08. The molecule has 0 spiro atoms. The molecule has 0 unspecified atom stereocenters. The summed E-state index contributed by atoms with van der Waals surface area (Å²) in [6.45, 7) is 0. The molecule has 1 heterocycles. The van der Waals surface area contributed by atoms with Gasteiger partial charge in [0.2, 0.25) is 0 Å². The zero-order chi connectivity index (χ0) is 11.7. The van der Waals surface area contributed by atoms with Crippen LogP contribution in [-0.4, -0.2) is 9.67 Å². The number of pyridine rings is 1. The van der Waals surface area contributed by atoms with Crippen LogP contribution in [0.15, 0.2) is 41.2 Å². The highest BCUT2D eigenvalue weighted by atomic mass is 127. The topological polar surface area (TPSA) is 42.2 Å². The van der Waals surface area contributed by atoms with Gasteiger partial charge in [0.25, 0.3) is 5.56 Å².